The van der Waals surface area contributed by atoms with Crippen LogP contribution in [0.5, 0.6) is 11.6 Å². The Balaban J connectivity index is 1.95. The number of rotatable bonds is 4. The summed E-state index contributed by atoms with van der Waals surface area (Å²) in [6.07, 6.45) is 0.870. The molecule has 0 saturated carbocycles. The van der Waals surface area contributed by atoms with Gasteiger partial charge in [-0.05, 0) is 12.1 Å². The first kappa shape index (κ1) is 13.6. The van der Waals surface area contributed by atoms with Crippen molar-refractivity contribution in [3.05, 3.63) is 35.5 Å². The Morgan fingerprint density at radius 3 is 2.81 bits per heavy atom. The van der Waals surface area contributed by atoms with Gasteiger partial charge in [-0.3, -0.25) is 0 Å². The van der Waals surface area contributed by atoms with Crippen LogP contribution in [-0.4, -0.2) is 30.7 Å². The summed E-state index contributed by atoms with van der Waals surface area (Å²) in [5.74, 6) is 1.89. The second kappa shape index (κ2) is 5.97. The molecule has 0 saturated heterocycles. The zero-order valence-electron chi connectivity index (χ0n) is 12.1. The van der Waals surface area contributed by atoms with Gasteiger partial charge in [-0.1, -0.05) is 12.1 Å². The van der Waals surface area contributed by atoms with E-state index >= 15 is 0 Å². The minimum atomic E-state index is 0.525. The van der Waals surface area contributed by atoms with E-state index < -0.39 is 0 Å². The molecule has 1 aromatic carbocycles. The molecule has 1 aromatic heterocycles. The van der Waals surface area contributed by atoms with Crippen LogP contribution in [0.25, 0.3) is 0 Å². The lowest BCUT2D eigenvalue weighted by Crippen LogP contribution is -2.26. The highest BCUT2D eigenvalue weighted by Gasteiger charge is 2.18. The van der Waals surface area contributed by atoms with Gasteiger partial charge < -0.3 is 20.1 Å². The van der Waals surface area contributed by atoms with Gasteiger partial charge in [0, 0.05) is 25.1 Å². The van der Waals surface area contributed by atoms with E-state index in [1.54, 1.807) is 14.2 Å². The number of aromatic nitrogens is 2. The Kier molecular flexibility index (Phi) is 3.87. The molecule has 6 nitrogen and oxygen atoms in total. The molecule has 0 aliphatic carbocycles. The average Bonchev–Trinajstić information content (AvgIpc) is 2.54. The Hall–Kier alpha value is -2.34. The molecule has 3 rings (SSSR count). The van der Waals surface area contributed by atoms with Crippen LogP contribution >= 0.6 is 0 Å². The molecule has 0 radical (unpaired) electrons. The van der Waals surface area contributed by atoms with Crippen LogP contribution in [0.1, 0.15) is 11.3 Å². The summed E-state index contributed by atoms with van der Waals surface area (Å²) in [5.41, 5.74) is 2.89. The molecule has 0 unspecified atom stereocenters. The normalized spacial score (nSPS) is 13.4. The predicted molar refractivity (Wildman–Crippen MR) is 80.3 cm³/mol. The highest BCUT2D eigenvalue weighted by atomic mass is 16.5. The van der Waals surface area contributed by atoms with Gasteiger partial charge in [-0.2, -0.15) is 4.98 Å². The molecule has 110 valence electrons. The van der Waals surface area contributed by atoms with E-state index in [9.17, 15) is 0 Å². The monoisotopic (exact) mass is 286 g/mol. The van der Waals surface area contributed by atoms with Crippen molar-refractivity contribution in [2.75, 3.05) is 26.1 Å². The molecule has 2 aromatic rings. The molecule has 0 spiro atoms. The number of ether oxygens (including phenoxy) is 2. The van der Waals surface area contributed by atoms with Crippen LogP contribution in [0.15, 0.2) is 24.3 Å². The second-order valence-electron chi connectivity index (χ2n) is 4.73. The summed E-state index contributed by atoms with van der Waals surface area (Å²) in [5, 5.41) is 6.50. The third-order valence-corrected chi connectivity index (χ3v) is 3.44. The number of benzene rings is 1. The van der Waals surface area contributed by atoms with Gasteiger partial charge in [0.15, 0.2) is 0 Å². The lowest BCUT2D eigenvalue weighted by atomic mass is 10.1. The maximum absolute atomic E-state index is 5.39. The van der Waals surface area contributed by atoms with Crippen molar-refractivity contribution in [2.24, 2.45) is 0 Å². The Morgan fingerprint density at radius 1 is 1.14 bits per heavy atom. The van der Waals surface area contributed by atoms with E-state index in [2.05, 4.69) is 20.6 Å². The maximum atomic E-state index is 5.39. The average molecular weight is 286 g/mol. The number of nitrogens with one attached hydrogen (secondary N) is 2. The van der Waals surface area contributed by atoms with Crippen molar-refractivity contribution >= 4 is 11.6 Å². The summed E-state index contributed by atoms with van der Waals surface area (Å²) in [4.78, 5) is 9.03. The van der Waals surface area contributed by atoms with Gasteiger partial charge in [0.05, 0.1) is 25.6 Å². The Bertz CT molecular complexity index is 628. The molecule has 2 N–H and O–H groups in total. The predicted octanol–water partition coefficient (Wildman–Crippen LogP) is 1.88. The first-order chi connectivity index (χ1) is 10.3. The van der Waals surface area contributed by atoms with E-state index in [4.69, 9.17) is 9.47 Å². The number of hydrogen-bond acceptors (Lipinski definition) is 6. The van der Waals surface area contributed by atoms with Crippen LogP contribution in [0, 0.1) is 0 Å². The largest absolute Gasteiger partial charge is 0.495 e. The molecule has 1 aliphatic heterocycles. The molecular formula is C15H18N4O2. The lowest BCUT2D eigenvalue weighted by Gasteiger charge is -2.19. The van der Waals surface area contributed by atoms with Gasteiger partial charge in [-0.15, -0.1) is 0 Å². The number of methoxy groups -OCH3 is 2. The van der Waals surface area contributed by atoms with Crippen LogP contribution < -0.4 is 20.1 Å². The number of nitrogens with zero attached hydrogens (tertiary/aromatic N) is 2. The van der Waals surface area contributed by atoms with E-state index in [-0.39, 0.29) is 0 Å². The molecule has 6 heteroatoms. The smallest absolute Gasteiger partial charge is 0.230 e. The number of fused-ring (bicyclic) bond motifs is 1. The van der Waals surface area contributed by atoms with Crippen LogP contribution in [0.2, 0.25) is 0 Å². The summed E-state index contributed by atoms with van der Waals surface area (Å²) >= 11 is 0. The fraction of sp³-hybridized carbons (Fsp3) is 0.333. The minimum Gasteiger partial charge on any atom is -0.495 e. The Morgan fingerprint density at radius 2 is 2.00 bits per heavy atom. The summed E-state index contributed by atoms with van der Waals surface area (Å²) in [7, 11) is 3.27. The molecule has 2 heterocycles. The number of hydrogen-bond donors (Lipinski definition) is 2. The zero-order chi connectivity index (χ0) is 14.7. The first-order valence-electron chi connectivity index (χ1n) is 6.86. The molecule has 1 aliphatic rings. The van der Waals surface area contributed by atoms with Crippen molar-refractivity contribution in [3.63, 3.8) is 0 Å². The highest BCUT2D eigenvalue weighted by molar-refractivity contribution is 5.62. The third-order valence-electron chi connectivity index (χ3n) is 3.44. The molecule has 0 amide bonds. The minimum absolute atomic E-state index is 0.525. The molecule has 0 bridgehead atoms. The quantitative estimate of drug-likeness (QED) is 0.894. The standard InChI is InChI=1S/C15H18N4O2/c1-20-13-6-4-3-5-12(13)18-15-17-11-7-8-16-9-10(11)14(19-15)21-2/h3-6,16H,7-9H2,1-2H3,(H,17,18,19). The van der Waals surface area contributed by atoms with E-state index in [1.807, 2.05) is 24.3 Å². The molecule has 21 heavy (non-hydrogen) atoms. The fourth-order valence-corrected chi connectivity index (χ4v) is 2.41. The fourth-order valence-electron chi connectivity index (χ4n) is 2.41. The molecular weight excluding hydrogens is 268 g/mol. The molecule has 0 fully saturated rings. The SMILES string of the molecule is COc1ccccc1Nc1nc2c(c(OC)n1)CNCC2. The van der Waals surface area contributed by atoms with Gasteiger partial charge >= 0.3 is 0 Å². The number of anilines is 2. The summed E-state index contributed by atoms with van der Waals surface area (Å²) in [6, 6.07) is 7.67. The van der Waals surface area contributed by atoms with Crippen LogP contribution in [0.3, 0.4) is 0 Å². The van der Waals surface area contributed by atoms with Crippen molar-refractivity contribution in [2.45, 2.75) is 13.0 Å². The van der Waals surface area contributed by atoms with Crippen LogP contribution in [0.4, 0.5) is 11.6 Å². The topological polar surface area (TPSA) is 68.3 Å². The summed E-state index contributed by atoms with van der Waals surface area (Å²) < 4.78 is 10.7. The third kappa shape index (κ3) is 2.75. The van der Waals surface area contributed by atoms with E-state index in [1.165, 1.54) is 0 Å². The zero-order valence-corrected chi connectivity index (χ0v) is 12.1. The van der Waals surface area contributed by atoms with Gasteiger partial charge in [0.25, 0.3) is 0 Å². The van der Waals surface area contributed by atoms with Crippen LogP contribution in [-0.2, 0) is 13.0 Å². The van der Waals surface area contributed by atoms with Gasteiger partial charge in [-0.25, -0.2) is 4.98 Å². The number of para-hydroxylation sites is 2. The maximum Gasteiger partial charge on any atom is 0.230 e. The highest BCUT2D eigenvalue weighted by Crippen LogP contribution is 2.28. The van der Waals surface area contributed by atoms with Crippen molar-refractivity contribution in [1.82, 2.24) is 15.3 Å². The van der Waals surface area contributed by atoms with Gasteiger partial charge in [0.2, 0.25) is 11.8 Å². The van der Waals surface area contributed by atoms with Crippen molar-refractivity contribution in [1.29, 1.82) is 0 Å². The van der Waals surface area contributed by atoms with Gasteiger partial charge in [0.1, 0.15) is 5.75 Å². The Labute approximate surface area is 123 Å². The van der Waals surface area contributed by atoms with Crippen molar-refractivity contribution in [3.8, 4) is 11.6 Å². The van der Waals surface area contributed by atoms with E-state index in [0.717, 1.165) is 42.2 Å². The summed E-state index contributed by atoms with van der Waals surface area (Å²) in [6.45, 7) is 1.66. The second-order valence-corrected chi connectivity index (χ2v) is 4.73. The molecule has 0 atom stereocenters. The van der Waals surface area contributed by atoms with E-state index in [0.29, 0.717) is 11.8 Å². The lowest BCUT2D eigenvalue weighted by molar-refractivity contribution is 0.386. The first-order valence-corrected chi connectivity index (χ1v) is 6.86. The van der Waals surface area contributed by atoms with Crippen molar-refractivity contribution < 1.29 is 9.47 Å².